The highest BCUT2D eigenvalue weighted by Gasteiger charge is 2.39. The maximum Gasteiger partial charge on any atom is 0.0864 e. The van der Waals surface area contributed by atoms with Crippen LogP contribution in [0.2, 0.25) is 0 Å². The molecule has 0 bridgehead atoms. The minimum atomic E-state index is -0.459. The molecule has 3 rings (SSSR count). The predicted octanol–water partition coefficient (Wildman–Crippen LogP) is 3.78. The van der Waals surface area contributed by atoms with Gasteiger partial charge in [0, 0.05) is 12.0 Å². The van der Waals surface area contributed by atoms with Crippen LogP contribution < -0.4 is 5.73 Å². The van der Waals surface area contributed by atoms with Crippen molar-refractivity contribution in [1.82, 2.24) is 0 Å². The van der Waals surface area contributed by atoms with E-state index in [9.17, 15) is 5.11 Å². The van der Waals surface area contributed by atoms with Crippen molar-refractivity contribution < 1.29 is 5.11 Å². The Labute approximate surface area is 120 Å². The Morgan fingerprint density at radius 2 is 1.70 bits per heavy atom. The van der Waals surface area contributed by atoms with Gasteiger partial charge in [0.25, 0.3) is 0 Å². The van der Waals surface area contributed by atoms with Gasteiger partial charge in [-0.15, -0.1) is 0 Å². The summed E-state index contributed by atoms with van der Waals surface area (Å²) in [5, 5.41) is 13.4. The Morgan fingerprint density at radius 3 is 2.45 bits per heavy atom. The molecule has 1 saturated carbocycles. The highest BCUT2D eigenvalue weighted by atomic mass is 16.3. The van der Waals surface area contributed by atoms with Crippen molar-refractivity contribution in [2.75, 3.05) is 6.54 Å². The second-order valence-corrected chi connectivity index (χ2v) is 6.10. The topological polar surface area (TPSA) is 46.2 Å². The number of hydrogen-bond acceptors (Lipinski definition) is 2. The van der Waals surface area contributed by atoms with E-state index in [0.29, 0.717) is 6.54 Å². The molecule has 0 aromatic heterocycles. The molecule has 0 spiro atoms. The van der Waals surface area contributed by atoms with E-state index in [4.69, 9.17) is 5.73 Å². The molecular weight excluding hydrogens is 246 g/mol. The molecule has 1 atom stereocenters. The fourth-order valence-electron chi connectivity index (χ4n) is 3.66. The molecule has 20 heavy (non-hydrogen) atoms. The van der Waals surface area contributed by atoms with Crippen molar-refractivity contribution in [3.63, 3.8) is 0 Å². The lowest BCUT2D eigenvalue weighted by molar-refractivity contribution is 0.00167. The van der Waals surface area contributed by atoms with Gasteiger partial charge in [0.2, 0.25) is 0 Å². The third-order valence-electron chi connectivity index (χ3n) is 4.95. The van der Waals surface area contributed by atoms with E-state index in [0.717, 1.165) is 23.8 Å². The third kappa shape index (κ3) is 2.23. The van der Waals surface area contributed by atoms with E-state index in [1.807, 2.05) is 18.2 Å². The summed E-state index contributed by atoms with van der Waals surface area (Å²) in [4.78, 5) is 0. The van der Waals surface area contributed by atoms with E-state index in [-0.39, 0.29) is 5.41 Å². The van der Waals surface area contributed by atoms with Gasteiger partial charge in [0.1, 0.15) is 0 Å². The van der Waals surface area contributed by atoms with Crippen LogP contribution in [0.4, 0.5) is 0 Å². The number of benzene rings is 2. The van der Waals surface area contributed by atoms with Crippen molar-refractivity contribution >= 4 is 10.8 Å². The molecule has 2 aromatic rings. The number of hydrogen-bond donors (Lipinski definition) is 2. The summed E-state index contributed by atoms with van der Waals surface area (Å²) in [6.45, 7) is 0.567. The predicted molar refractivity (Wildman–Crippen MR) is 83.5 cm³/mol. The van der Waals surface area contributed by atoms with E-state index >= 15 is 0 Å². The molecule has 0 radical (unpaired) electrons. The number of aliphatic hydroxyl groups is 1. The summed E-state index contributed by atoms with van der Waals surface area (Å²) in [6.07, 6.45) is 5.24. The smallest absolute Gasteiger partial charge is 0.0864 e. The van der Waals surface area contributed by atoms with Crippen LogP contribution in [0.15, 0.2) is 42.5 Å². The first-order valence-corrected chi connectivity index (χ1v) is 7.63. The highest BCUT2D eigenvalue weighted by Crippen LogP contribution is 2.46. The van der Waals surface area contributed by atoms with Crippen LogP contribution in [0.5, 0.6) is 0 Å². The van der Waals surface area contributed by atoms with E-state index < -0.39 is 6.10 Å². The highest BCUT2D eigenvalue weighted by molar-refractivity contribution is 5.86. The van der Waals surface area contributed by atoms with Gasteiger partial charge in [-0.2, -0.15) is 0 Å². The lowest BCUT2D eigenvalue weighted by Crippen LogP contribution is -2.38. The van der Waals surface area contributed by atoms with Gasteiger partial charge in [-0.25, -0.2) is 0 Å². The molecule has 2 heteroatoms. The molecule has 3 N–H and O–H groups in total. The van der Waals surface area contributed by atoms with Crippen molar-refractivity contribution in [3.8, 4) is 0 Å². The fourth-order valence-corrected chi connectivity index (χ4v) is 3.66. The van der Waals surface area contributed by atoms with Gasteiger partial charge in [-0.1, -0.05) is 61.7 Å². The summed E-state index contributed by atoms with van der Waals surface area (Å²) in [5.74, 6) is 0. The van der Waals surface area contributed by atoms with Gasteiger partial charge < -0.3 is 10.8 Å². The summed E-state index contributed by atoms with van der Waals surface area (Å²) in [5.41, 5.74) is 6.96. The molecule has 106 valence electrons. The van der Waals surface area contributed by atoms with Gasteiger partial charge in [-0.05, 0) is 29.2 Å². The van der Waals surface area contributed by atoms with Crippen LogP contribution in [0.25, 0.3) is 10.8 Å². The van der Waals surface area contributed by atoms with Gasteiger partial charge in [0.05, 0.1) is 6.10 Å². The van der Waals surface area contributed by atoms with Crippen molar-refractivity contribution in [1.29, 1.82) is 0 Å². The molecule has 2 nitrogen and oxygen atoms in total. The number of fused-ring (bicyclic) bond motifs is 1. The van der Waals surface area contributed by atoms with Crippen LogP contribution in [-0.2, 0) is 0 Å². The molecule has 1 aliphatic rings. The average Bonchev–Trinajstić information content (AvgIpc) is 2.54. The Balaban J connectivity index is 2.05. The SMILES string of the molecule is NCC1(C(O)c2cccc3ccccc23)CCCCC1. The maximum atomic E-state index is 11.0. The first-order valence-electron chi connectivity index (χ1n) is 7.63. The first-order chi connectivity index (χ1) is 9.77. The van der Waals surface area contributed by atoms with Crippen molar-refractivity contribution in [3.05, 3.63) is 48.0 Å². The third-order valence-corrected chi connectivity index (χ3v) is 4.95. The Kier molecular flexibility index (Phi) is 3.77. The number of nitrogens with two attached hydrogens (primary N) is 1. The average molecular weight is 269 g/mol. The van der Waals surface area contributed by atoms with Crippen molar-refractivity contribution in [2.45, 2.75) is 38.2 Å². The van der Waals surface area contributed by atoms with Crippen LogP contribution in [0, 0.1) is 5.41 Å². The molecule has 2 aromatic carbocycles. The lowest BCUT2D eigenvalue weighted by atomic mass is 9.68. The second-order valence-electron chi connectivity index (χ2n) is 6.10. The van der Waals surface area contributed by atoms with Crippen LogP contribution in [0.3, 0.4) is 0 Å². The summed E-state index contributed by atoms with van der Waals surface area (Å²) in [7, 11) is 0. The number of aliphatic hydroxyl groups excluding tert-OH is 1. The first kappa shape index (κ1) is 13.6. The molecule has 1 fully saturated rings. The Hall–Kier alpha value is -1.38. The Bertz CT molecular complexity index is 581. The minimum Gasteiger partial charge on any atom is -0.388 e. The van der Waals surface area contributed by atoms with E-state index in [2.05, 4.69) is 24.3 Å². The zero-order valence-corrected chi connectivity index (χ0v) is 11.9. The number of rotatable bonds is 3. The fraction of sp³-hybridized carbons (Fsp3) is 0.444. The van der Waals surface area contributed by atoms with Crippen molar-refractivity contribution in [2.24, 2.45) is 11.1 Å². The van der Waals surface area contributed by atoms with Crippen LogP contribution in [0.1, 0.15) is 43.8 Å². The van der Waals surface area contributed by atoms with Gasteiger partial charge in [0.15, 0.2) is 0 Å². The Morgan fingerprint density at radius 1 is 1.00 bits per heavy atom. The summed E-state index contributed by atoms with van der Waals surface area (Å²) >= 11 is 0. The van der Waals surface area contributed by atoms with E-state index in [1.165, 1.54) is 24.6 Å². The molecular formula is C18H23NO. The lowest BCUT2D eigenvalue weighted by Gasteiger charge is -2.40. The largest absolute Gasteiger partial charge is 0.388 e. The van der Waals surface area contributed by atoms with Crippen LogP contribution in [-0.4, -0.2) is 11.7 Å². The zero-order valence-electron chi connectivity index (χ0n) is 11.9. The minimum absolute atomic E-state index is 0.137. The molecule has 1 unspecified atom stereocenters. The summed E-state index contributed by atoms with van der Waals surface area (Å²) in [6, 6.07) is 14.5. The maximum absolute atomic E-state index is 11.0. The summed E-state index contributed by atoms with van der Waals surface area (Å²) < 4.78 is 0. The molecule has 0 saturated heterocycles. The van der Waals surface area contributed by atoms with Gasteiger partial charge in [-0.3, -0.25) is 0 Å². The van der Waals surface area contributed by atoms with Crippen LogP contribution >= 0.6 is 0 Å². The van der Waals surface area contributed by atoms with E-state index in [1.54, 1.807) is 0 Å². The molecule has 1 aliphatic carbocycles. The quantitative estimate of drug-likeness (QED) is 0.890. The van der Waals surface area contributed by atoms with Gasteiger partial charge >= 0.3 is 0 Å². The monoisotopic (exact) mass is 269 g/mol. The normalized spacial score (nSPS) is 19.9. The second kappa shape index (κ2) is 5.55. The molecule has 0 amide bonds. The standard InChI is InChI=1S/C18H23NO/c19-13-18(11-4-1-5-12-18)17(20)16-10-6-8-14-7-2-3-9-15(14)16/h2-3,6-10,17,20H,1,4-5,11-13,19H2. The zero-order chi connectivity index (χ0) is 14.0. The molecule has 0 aliphatic heterocycles. The molecule has 0 heterocycles.